The first kappa shape index (κ1) is 21.3. The highest BCUT2D eigenvalue weighted by Crippen LogP contribution is 2.26. The second-order valence-electron chi connectivity index (χ2n) is 7.11. The fraction of sp³-hybridized carbons (Fsp3) is 0.556. The number of carbonyl (C=O) groups excluding carboxylic acids is 1. The Hall–Kier alpha value is -2.00. The molecule has 7 nitrogen and oxygen atoms in total. The van der Waals surface area contributed by atoms with Crippen LogP contribution < -0.4 is 5.32 Å². The Morgan fingerprint density at radius 1 is 1.26 bits per heavy atom. The summed E-state index contributed by atoms with van der Waals surface area (Å²) in [5, 5.41) is 11.8. The van der Waals surface area contributed by atoms with E-state index in [9.17, 15) is 27.5 Å². The number of halogens is 1. The molecule has 0 unspecified atom stereocenters. The first-order valence-electron chi connectivity index (χ1n) is 8.93. The molecule has 2 atom stereocenters. The molecule has 2 rings (SSSR count). The number of sulfonamides is 1. The molecule has 9 heteroatoms. The van der Waals surface area contributed by atoms with E-state index in [4.69, 9.17) is 0 Å². The van der Waals surface area contributed by atoms with Crippen molar-refractivity contribution in [2.75, 3.05) is 6.54 Å². The molecule has 0 radical (unpaired) electrons. The molecule has 1 aromatic rings. The Labute approximate surface area is 158 Å². The first-order chi connectivity index (χ1) is 12.6. The van der Waals surface area contributed by atoms with E-state index in [1.807, 2.05) is 13.8 Å². The lowest BCUT2D eigenvalue weighted by Gasteiger charge is -2.34. The van der Waals surface area contributed by atoms with Gasteiger partial charge in [-0.15, -0.1) is 0 Å². The molecule has 0 aliphatic carbocycles. The molecular weight excluding hydrogens is 375 g/mol. The number of piperidine rings is 1. The topological polar surface area (TPSA) is 104 Å². The van der Waals surface area contributed by atoms with Crippen LogP contribution in [0, 0.1) is 11.7 Å². The fourth-order valence-electron chi connectivity index (χ4n) is 3.16. The molecule has 1 amide bonds. The zero-order valence-electron chi connectivity index (χ0n) is 15.4. The molecule has 0 bridgehead atoms. The van der Waals surface area contributed by atoms with Gasteiger partial charge in [-0.3, -0.25) is 4.79 Å². The quantitative estimate of drug-likeness (QED) is 0.728. The lowest BCUT2D eigenvalue weighted by molar-refractivity contribution is -0.143. The Balaban J connectivity index is 2.24. The van der Waals surface area contributed by atoms with Gasteiger partial charge in [0.25, 0.3) is 0 Å². The SMILES string of the molecule is CC(C)C[C@@H](NC(=O)[C@@H]1CCCCN1S(=O)(=O)c1ccc(F)cc1)C(=O)O. The fourth-order valence-corrected chi connectivity index (χ4v) is 4.81. The average molecular weight is 400 g/mol. The normalized spacial score (nSPS) is 19.6. The van der Waals surface area contributed by atoms with Gasteiger partial charge in [0.05, 0.1) is 4.90 Å². The molecule has 27 heavy (non-hydrogen) atoms. The number of carboxylic acids is 1. The van der Waals surface area contributed by atoms with Crippen molar-refractivity contribution in [3.8, 4) is 0 Å². The summed E-state index contributed by atoms with van der Waals surface area (Å²) in [6, 6.07) is 2.36. The molecule has 2 N–H and O–H groups in total. The van der Waals surface area contributed by atoms with Crippen molar-refractivity contribution in [1.82, 2.24) is 9.62 Å². The van der Waals surface area contributed by atoms with Crippen molar-refractivity contribution >= 4 is 21.9 Å². The molecule has 1 saturated heterocycles. The monoisotopic (exact) mass is 400 g/mol. The average Bonchev–Trinajstić information content (AvgIpc) is 2.61. The third-order valence-corrected chi connectivity index (χ3v) is 6.42. The van der Waals surface area contributed by atoms with E-state index < -0.39 is 39.8 Å². The summed E-state index contributed by atoms with van der Waals surface area (Å²) >= 11 is 0. The number of hydrogen-bond acceptors (Lipinski definition) is 4. The number of benzene rings is 1. The number of rotatable bonds is 7. The number of carboxylic acid groups (broad SMARTS) is 1. The predicted octanol–water partition coefficient (Wildman–Crippen LogP) is 1.98. The molecule has 1 fully saturated rings. The zero-order valence-corrected chi connectivity index (χ0v) is 16.2. The lowest BCUT2D eigenvalue weighted by atomic mass is 10.0. The molecule has 1 heterocycles. The van der Waals surface area contributed by atoms with E-state index >= 15 is 0 Å². The van der Waals surface area contributed by atoms with Crippen LogP contribution in [0.1, 0.15) is 39.5 Å². The molecule has 0 aromatic heterocycles. The Bertz CT molecular complexity index is 779. The van der Waals surface area contributed by atoms with E-state index in [-0.39, 0.29) is 23.8 Å². The van der Waals surface area contributed by atoms with Gasteiger partial charge in [-0.2, -0.15) is 4.31 Å². The Morgan fingerprint density at radius 3 is 2.44 bits per heavy atom. The van der Waals surface area contributed by atoms with Gasteiger partial charge in [-0.05, 0) is 49.4 Å². The summed E-state index contributed by atoms with van der Waals surface area (Å²) in [5.74, 6) is -2.27. The Morgan fingerprint density at radius 2 is 1.89 bits per heavy atom. The van der Waals surface area contributed by atoms with Gasteiger partial charge in [0.15, 0.2) is 0 Å². The van der Waals surface area contributed by atoms with Gasteiger partial charge in [0.2, 0.25) is 15.9 Å². The third-order valence-electron chi connectivity index (χ3n) is 4.50. The van der Waals surface area contributed by atoms with Crippen molar-refractivity contribution in [2.24, 2.45) is 5.92 Å². The highest BCUT2D eigenvalue weighted by Gasteiger charge is 2.38. The number of amides is 1. The number of nitrogens with one attached hydrogen (secondary N) is 1. The molecular formula is C18H25FN2O5S. The van der Waals surface area contributed by atoms with Crippen LogP contribution in [0.3, 0.4) is 0 Å². The summed E-state index contributed by atoms with van der Waals surface area (Å²) in [6.45, 7) is 3.84. The minimum atomic E-state index is -3.99. The molecule has 150 valence electrons. The van der Waals surface area contributed by atoms with Crippen LogP contribution >= 0.6 is 0 Å². The summed E-state index contributed by atoms with van der Waals surface area (Å²) in [6.07, 6.45) is 1.81. The van der Waals surface area contributed by atoms with Gasteiger partial charge < -0.3 is 10.4 Å². The number of aliphatic carboxylic acids is 1. The van der Waals surface area contributed by atoms with E-state index in [0.717, 1.165) is 28.6 Å². The number of nitrogens with zero attached hydrogens (tertiary/aromatic N) is 1. The second-order valence-corrected chi connectivity index (χ2v) is 9.00. The van der Waals surface area contributed by atoms with Crippen molar-refractivity contribution < 1.29 is 27.5 Å². The van der Waals surface area contributed by atoms with E-state index in [1.54, 1.807) is 0 Å². The number of hydrogen-bond donors (Lipinski definition) is 2. The van der Waals surface area contributed by atoms with Gasteiger partial charge in [-0.1, -0.05) is 20.3 Å². The van der Waals surface area contributed by atoms with Crippen LogP contribution in [0.5, 0.6) is 0 Å². The smallest absolute Gasteiger partial charge is 0.326 e. The predicted molar refractivity (Wildman–Crippen MR) is 97.0 cm³/mol. The van der Waals surface area contributed by atoms with Crippen LogP contribution in [-0.4, -0.2) is 48.3 Å². The molecule has 0 spiro atoms. The largest absolute Gasteiger partial charge is 0.480 e. The van der Waals surface area contributed by atoms with Crippen LogP contribution in [0.4, 0.5) is 4.39 Å². The maximum absolute atomic E-state index is 13.1. The standard InChI is InChI=1S/C18H25FN2O5S/c1-12(2)11-15(18(23)24)20-17(22)16-5-3-4-10-21(16)27(25,26)14-8-6-13(19)7-9-14/h6-9,12,15-16H,3-5,10-11H2,1-2H3,(H,20,22)(H,23,24)/t15-,16+/m1/s1. The van der Waals surface area contributed by atoms with Crippen LogP contribution in [0.2, 0.25) is 0 Å². The lowest BCUT2D eigenvalue weighted by Crippen LogP contribution is -2.55. The van der Waals surface area contributed by atoms with Gasteiger partial charge in [-0.25, -0.2) is 17.6 Å². The highest BCUT2D eigenvalue weighted by atomic mass is 32.2. The van der Waals surface area contributed by atoms with Crippen LogP contribution in [-0.2, 0) is 19.6 Å². The Kier molecular flexibility index (Phi) is 6.94. The maximum Gasteiger partial charge on any atom is 0.326 e. The van der Waals surface area contributed by atoms with Crippen LogP contribution in [0.25, 0.3) is 0 Å². The van der Waals surface area contributed by atoms with Crippen molar-refractivity contribution in [1.29, 1.82) is 0 Å². The van der Waals surface area contributed by atoms with Crippen molar-refractivity contribution in [2.45, 2.75) is 56.5 Å². The number of carbonyl (C=O) groups is 2. The summed E-state index contributed by atoms with van der Waals surface area (Å²) < 4.78 is 40.0. The zero-order chi connectivity index (χ0) is 20.2. The van der Waals surface area contributed by atoms with Crippen molar-refractivity contribution in [3.05, 3.63) is 30.1 Å². The molecule has 1 aliphatic heterocycles. The molecule has 1 aliphatic rings. The highest BCUT2D eigenvalue weighted by molar-refractivity contribution is 7.89. The summed E-state index contributed by atoms with van der Waals surface area (Å²) in [7, 11) is -3.99. The molecule has 1 aromatic carbocycles. The van der Waals surface area contributed by atoms with Crippen LogP contribution in [0.15, 0.2) is 29.2 Å². The minimum Gasteiger partial charge on any atom is -0.480 e. The van der Waals surface area contributed by atoms with E-state index in [1.165, 1.54) is 0 Å². The van der Waals surface area contributed by atoms with Gasteiger partial charge in [0.1, 0.15) is 17.9 Å². The summed E-state index contributed by atoms with van der Waals surface area (Å²) in [5.41, 5.74) is 0. The van der Waals surface area contributed by atoms with E-state index in [2.05, 4.69) is 5.32 Å². The second kappa shape index (κ2) is 8.79. The molecule has 0 saturated carbocycles. The third kappa shape index (κ3) is 5.26. The van der Waals surface area contributed by atoms with E-state index in [0.29, 0.717) is 19.3 Å². The first-order valence-corrected chi connectivity index (χ1v) is 10.4. The minimum absolute atomic E-state index is 0.0526. The van der Waals surface area contributed by atoms with Crippen molar-refractivity contribution in [3.63, 3.8) is 0 Å². The maximum atomic E-state index is 13.1. The van der Waals surface area contributed by atoms with Gasteiger partial charge >= 0.3 is 5.97 Å². The summed E-state index contributed by atoms with van der Waals surface area (Å²) in [4.78, 5) is 24.0. The van der Waals surface area contributed by atoms with Gasteiger partial charge in [0, 0.05) is 6.54 Å².